The third-order valence-corrected chi connectivity index (χ3v) is 5.52. The summed E-state index contributed by atoms with van der Waals surface area (Å²) in [4.78, 5) is 25.2. The van der Waals surface area contributed by atoms with Gasteiger partial charge in [0.05, 0.1) is 39.5 Å². The Morgan fingerprint density at radius 2 is 1.66 bits per heavy atom. The van der Waals surface area contributed by atoms with Crippen LogP contribution in [0.3, 0.4) is 0 Å². The fourth-order valence-corrected chi connectivity index (χ4v) is 3.84. The molecule has 35 heavy (non-hydrogen) atoms. The fraction of sp³-hybridized carbons (Fsp3) is 0.200. The van der Waals surface area contributed by atoms with E-state index in [2.05, 4.69) is 16.1 Å². The molecule has 0 aromatic heterocycles. The maximum Gasteiger partial charge on any atom is 0.259 e. The van der Waals surface area contributed by atoms with Gasteiger partial charge in [-0.1, -0.05) is 41.9 Å². The van der Waals surface area contributed by atoms with Crippen molar-refractivity contribution in [2.75, 3.05) is 33.2 Å². The van der Waals surface area contributed by atoms with Crippen molar-refractivity contribution in [3.63, 3.8) is 0 Å². The van der Waals surface area contributed by atoms with Crippen molar-refractivity contribution in [2.45, 2.75) is 6.04 Å². The average Bonchev–Trinajstić information content (AvgIpc) is 2.89. The lowest BCUT2D eigenvalue weighted by atomic mass is 9.96. The van der Waals surface area contributed by atoms with Crippen molar-refractivity contribution in [3.8, 4) is 17.2 Å². The Morgan fingerprint density at radius 3 is 2.29 bits per heavy atom. The molecule has 0 saturated carbocycles. The van der Waals surface area contributed by atoms with E-state index in [0.717, 1.165) is 5.56 Å². The molecule has 0 fully saturated rings. The molecule has 1 atom stereocenters. The summed E-state index contributed by atoms with van der Waals surface area (Å²) in [5.74, 6) is 5.38. The molecule has 0 spiro atoms. The quantitative estimate of drug-likeness (QED) is 0.192. The smallest absolute Gasteiger partial charge is 0.259 e. The second kappa shape index (κ2) is 12.1. The summed E-state index contributed by atoms with van der Waals surface area (Å²) in [6.45, 7) is -0.0561. The van der Waals surface area contributed by atoms with E-state index in [1.54, 1.807) is 30.3 Å². The highest BCUT2D eigenvalue weighted by molar-refractivity contribution is 6.30. The number of halogens is 1. The molecule has 0 radical (unpaired) electrons. The largest absolute Gasteiger partial charge is 0.493 e. The number of hydrazine groups is 1. The van der Waals surface area contributed by atoms with Gasteiger partial charge in [0.1, 0.15) is 0 Å². The third kappa shape index (κ3) is 6.02. The number of carbonyl (C=O) groups excluding carboxylic acids is 2. The Hall–Kier alpha value is -3.79. The highest BCUT2D eigenvalue weighted by atomic mass is 35.5. The zero-order valence-electron chi connectivity index (χ0n) is 19.6. The third-order valence-electron chi connectivity index (χ3n) is 5.28. The highest BCUT2D eigenvalue weighted by Crippen LogP contribution is 2.40. The number of carbonyl (C=O) groups is 2. The number of rotatable bonds is 10. The monoisotopic (exact) mass is 498 g/mol. The first-order valence-electron chi connectivity index (χ1n) is 10.6. The first-order valence-corrected chi connectivity index (χ1v) is 11.0. The van der Waals surface area contributed by atoms with Gasteiger partial charge in [0, 0.05) is 10.7 Å². The van der Waals surface area contributed by atoms with Gasteiger partial charge in [0.2, 0.25) is 11.7 Å². The van der Waals surface area contributed by atoms with Crippen molar-refractivity contribution in [2.24, 2.45) is 5.84 Å². The van der Waals surface area contributed by atoms with Crippen LogP contribution >= 0.6 is 11.6 Å². The summed E-state index contributed by atoms with van der Waals surface area (Å²) >= 11 is 6.32. The average molecular weight is 499 g/mol. The molecule has 184 valence electrons. The number of hydrogen-bond acceptors (Lipinski definition) is 7. The van der Waals surface area contributed by atoms with E-state index in [1.165, 1.54) is 21.3 Å². The highest BCUT2D eigenvalue weighted by Gasteiger charge is 2.24. The molecule has 3 aromatic carbocycles. The predicted molar refractivity (Wildman–Crippen MR) is 134 cm³/mol. The number of methoxy groups -OCH3 is 3. The maximum atomic E-state index is 13.3. The van der Waals surface area contributed by atoms with Crippen LogP contribution in [0.4, 0.5) is 5.69 Å². The van der Waals surface area contributed by atoms with Crippen molar-refractivity contribution in [1.29, 1.82) is 0 Å². The Balaban J connectivity index is 2.03. The number of nitrogens with two attached hydrogens (primary N) is 1. The molecular formula is C25H27ClN4O5. The van der Waals surface area contributed by atoms with E-state index in [9.17, 15) is 9.59 Å². The van der Waals surface area contributed by atoms with E-state index in [-0.39, 0.29) is 17.9 Å². The molecule has 2 amide bonds. The SMILES string of the molecule is COc1ccc(C(=O)Nc2ccc(Cl)cc2C(NCC(=O)NN)c2ccccc2)c(OC)c1OC. The summed E-state index contributed by atoms with van der Waals surface area (Å²) in [5, 5.41) is 6.57. The minimum Gasteiger partial charge on any atom is -0.493 e. The van der Waals surface area contributed by atoms with Crippen LogP contribution in [0.1, 0.15) is 27.5 Å². The van der Waals surface area contributed by atoms with Gasteiger partial charge in [0.25, 0.3) is 5.91 Å². The van der Waals surface area contributed by atoms with Crippen LogP contribution in [0.15, 0.2) is 60.7 Å². The summed E-state index contributed by atoms with van der Waals surface area (Å²) in [5.41, 5.74) is 4.36. The summed E-state index contributed by atoms with van der Waals surface area (Å²) < 4.78 is 16.1. The van der Waals surface area contributed by atoms with Crippen LogP contribution in [0.2, 0.25) is 5.02 Å². The van der Waals surface area contributed by atoms with Crippen molar-refractivity contribution in [1.82, 2.24) is 10.7 Å². The van der Waals surface area contributed by atoms with Gasteiger partial charge in [0.15, 0.2) is 11.5 Å². The lowest BCUT2D eigenvalue weighted by molar-refractivity contribution is -0.120. The minimum absolute atomic E-state index is 0.0561. The summed E-state index contributed by atoms with van der Waals surface area (Å²) in [6.07, 6.45) is 0. The Morgan fingerprint density at radius 1 is 0.943 bits per heavy atom. The minimum atomic E-state index is -0.477. The standard InChI is InChI=1S/C25H27ClN4O5/c1-33-20-12-10-17(23(34-2)24(20)35-3)25(32)29-19-11-9-16(26)13-18(19)22(28-14-21(31)30-27)15-7-5-4-6-8-15/h4-13,22,28H,14,27H2,1-3H3,(H,29,32)(H,30,31). The first kappa shape index (κ1) is 25.8. The molecule has 5 N–H and O–H groups in total. The Labute approximate surface area is 208 Å². The predicted octanol–water partition coefficient (Wildman–Crippen LogP) is 3.29. The number of ether oxygens (including phenoxy) is 3. The van der Waals surface area contributed by atoms with E-state index in [0.29, 0.717) is 27.8 Å². The molecule has 9 nitrogen and oxygen atoms in total. The van der Waals surface area contributed by atoms with Gasteiger partial charge in [-0.3, -0.25) is 20.3 Å². The van der Waals surface area contributed by atoms with Gasteiger partial charge < -0.3 is 19.5 Å². The van der Waals surface area contributed by atoms with Gasteiger partial charge in [-0.25, -0.2) is 5.84 Å². The molecule has 0 bridgehead atoms. The zero-order valence-corrected chi connectivity index (χ0v) is 20.3. The van der Waals surface area contributed by atoms with Crippen LogP contribution in [0.5, 0.6) is 17.2 Å². The molecule has 3 rings (SSSR count). The van der Waals surface area contributed by atoms with Crippen LogP contribution < -0.4 is 36.1 Å². The van der Waals surface area contributed by atoms with Crippen LogP contribution in [0, 0.1) is 0 Å². The summed E-state index contributed by atoms with van der Waals surface area (Å²) in [7, 11) is 4.41. The van der Waals surface area contributed by atoms with E-state index in [4.69, 9.17) is 31.7 Å². The van der Waals surface area contributed by atoms with Crippen LogP contribution in [-0.2, 0) is 4.79 Å². The second-order valence-corrected chi connectivity index (χ2v) is 7.80. The molecule has 10 heteroatoms. The topological polar surface area (TPSA) is 124 Å². The number of hydrogen-bond donors (Lipinski definition) is 4. The number of benzene rings is 3. The van der Waals surface area contributed by atoms with Gasteiger partial charge >= 0.3 is 0 Å². The number of nitrogens with one attached hydrogen (secondary N) is 3. The molecular weight excluding hydrogens is 472 g/mol. The zero-order chi connectivity index (χ0) is 25.4. The lowest BCUT2D eigenvalue weighted by Gasteiger charge is -2.23. The second-order valence-electron chi connectivity index (χ2n) is 7.36. The van der Waals surface area contributed by atoms with Crippen molar-refractivity contribution >= 4 is 29.1 Å². The molecule has 0 heterocycles. The molecule has 3 aromatic rings. The van der Waals surface area contributed by atoms with E-state index >= 15 is 0 Å². The number of amides is 2. The molecule has 0 saturated heterocycles. The first-order chi connectivity index (χ1) is 16.9. The van der Waals surface area contributed by atoms with Gasteiger partial charge in [-0.15, -0.1) is 0 Å². The number of anilines is 1. The van der Waals surface area contributed by atoms with Gasteiger partial charge in [-0.2, -0.15) is 0 Å². The summed E-state index contributed by atoms with van der Waals surface area (Å²) in [6, 6.07) is 17.3. The molecule has 1 unspecified atom stereocenters. The fourth-order valence-electron chi connectivity index (χ4n) is 3.65. The maximum absolute atomic E-state index is 13.3. The molecule has 0 aliphatic carbocycles. The Kier molecular flexibility index (Phi) is 8.91. The van der Waals surface area contributed by atoms with Crippen molar-refractivity contribution < 1.29 is 23.8 Å². The Bertz CT molecular complexity index is 1190. The normalized spacial score (nSPS) is 11.3. The van der Waals surface area contributed by atoms with Crippen LogP contribution in [0.25, 0.3) is 0 Å². The van der Waals surface area contributed by atoms with Crippen LogP contribution in [-0.4, -0.2) is 39.7 Å². The molecule has 0 aliphatic rings. The van der Waals surface area contributed by atoms with Crippen molar-refractivity contribution in [3.05, 3.63) is 82.4 Å². The van der Waals surface area contributed by atoms with Gasteiger partial charge in [-0.05, 0) is 41.5 Å². The lowest BCUT2D eigenvalue weighted by Crippen LogP contribution is -2.39. The molecule has 0 aliphatic heterocycles. The van der Waals surface area contributed by atoms with E-state index in [1.807, 2.05) is 30.3 Å². The van der Waals surface area contributed by atoms with E-state index < -0.39 is 17.9 Å².